The molecule has 0 amide bonds. The van der Waals surface area contributed by atoms with E-state index in [0.29, 0.717) is 39.3 Å². The van der Waals surface area contributed by atoms with Gasteiger partial charge in [0.25, 0.3) is 0 Å². The van der Waals surface area contributed by atoms with E-state index in [1.165, 1.54) is 0 Å². The zero-order chi connectivity index (χ0) is 15.4. The van der Waals surface area contributed by atoms with Crippen LogP contribution >= 0.6 is 23.2 Å². The summed E-state index contributed by atoms with van der Waals surface area (Å²) in [6, 6.07) is 10.1. The lowest BCUT2D eigenvalue weighted by Gasteiger charge is -2.14. The van der Waals surface area contributed by atoms with Gasteiger partial charge in [-0.2, -0.15) is 0 Å². The summed E-state index contributed by atoms with van der Waals surface area (Å²) in [4.78, 5) is 12.0. The average molecular weight is 325 g/mol. The van der Waals surface area contributed by atoms with Crippen LogP contribution in [-0.4, -0.2) is 12.6 Å². The molecule has 6 heteroatoms. The topological polar surface area (TPSA) is 64.3 Å². The Kier molecular flexibility index (Phi) is 4.94. The van der Waals surface area contributed by atoms with Gasteiger partial charge in [-0.15, -0.1) is 0 Å². The Morgan fingerprint density at radius 1 is 1.24 bits per heavy atom. The second-order valence-electron chi connectivity index (χ2n) is 4.24. The van der Waals surface area contributed by atoms with E-state index in [1.54, 1.807) is 43.3 Å². The van der Waals surface area contributed by atoms with Gasteiger partial charge < -0.3 is 15.8 Å². The van der Waals surface area contributed by atoms with Crippen molar-refractivity contribution in [2.45, 2.75) is 6.92 Å². The predicted molar refractivity (Wildman–Crippen MR) is 86.6 cm³/mol. The van der Waals surface area contributed by atoms with Gasteiger partial charge in [-0.1, -0.05) is 29.3 Å². The van der Waals surface area contributed by atoms with Crippen molar-refractivity contribution in [3.63, 3.8) is 0 Å². The third-order valence-corrected chi connectivity index (χ3v) is 3.52. The Morgan fingerprint density at radius 3 is 2.67 bits per heavy atom. The number of nitrogens with one attached hydrogen (secondary N) is 1. The van der Waals surface area contributed by atoms with E-state index in [4.69, 9.17) is 33.7 Å². The first-order valence-electron chi connectivity index (χ1n) is 6.30. The molecule has 0 spiro atoms. The van der Waals surface area contributed by atoms with Crippen LogP contribution < -0.4 is 11.1 Å². The summed E-state index contributed by atoms with van der Waals surface area (Å²) in [7, 11) is 0. The lowest BCUT2D eigenvalue weighted by atomic mass is 10.1. The number of halogens is 2. The summed E-state index contributed by atoms with van der Waals surface area (Å²) >= 11 is 11.9. The number of ether oxygens (including phenoxy) is 1. The van der Waals surface area contributed by atoms with Gasteiger partial charge >= 0.3 is 5.97 Å². The van der Waals surface area contributed by atoms with Crippen LogP contribution in [0.1, 0.15) is 17.3 Å². The molecule has 0 saturated heterocycles. The molecule has 0 atom stereocenters. The lowest BCUT2D eigenvalue weighted by molar-refractivity contribution is 0.0527. The molecule has 0 aliphatic rings. The number of anilines is 3. The lowest BCUT2D eigenvalue weighted by Crippen LogP contribution is -2.09. The van der Waals surface area contributed by atoms with Crippen molar-refractivity contribution in [1.82, 2.24) is 0 Å². The van der Waals surface area contributed by atoms with Crippen molar-refractivity contribution in [1.29, 1.82) is 0 Å². The predicted octanol–water partition coefficient (Wildman–Crippen LogP) is 4.50. The molecule has 2 rings (SSSR count). The molecule has 0 radical (unpaired) electrons. The fourth-order valence-electron chi connectivity index (χ4n) is 1.81. The van der Waals surface area contributed by atoms with Crippen LogP contribution in [-0.2, 0) is 4.74 Å². The smallest absolute Gasteiger partial charge is 0.340 e. The Morgan fingerprint density at radius 2 is 2.00 bits per heavy atom. The fraction of sp³-hybridized carbons (Fsp3) is 0.133. The highest BCUT2D eigenvalue weighted by Gasteiger charge is 2.15. The molecular formula is C15H14Cl2N2O2. The first-order chi connectivity index (χ1) is 10.0. The van der Waals surface area contributed by atoms with Crippen molar-refractivity contribution >= 4 is 46.2 Å². The standard InChI is InChI=1S/C15H14Cl2N2O2/c1-2-21-15(20)10-4-3-5-13(18)14(10)19-9-6-7-11(16)12(17)8-9/h3-8,19H,2,18H2,1H3. The highest BCUT2D eigenvalue weighted by Crippen LogP contribution is 2.31. The van der Waals surface area contributed by atoms with Gasteiger partial charge in [-0.05, 0) is 37.3 Å². The fourth-order valence-corrected chi connectivity index (χ4v) is 2.10. The molecule has 0 unspecified atom stereocenters. The van der Waals surface area contributed by atoms with Crippen LogP contribution in [0.25, 0.3) is 0 Å². The first kappa shape index (κ1) is 15.5. The Balaban J connectivity index is 2.38. The average Bonchev–Trinajstić information content (AvgIpc) is 2.45. The van der Waals surface area contributed by atoms with Gasteiger partial charge in [0.2, 0.25) is 0 Å². The van der Waals surface area contributed by atoms with Crippen LogP contribution in [0.5, 0.6) is 0 Å². The third kappa shape index (κ3) is 3.60. The minimum atomic E-state index is -0.438. The summed E-state index contributed by atoms with van der Waals surface area (Å²) in [6.45, 7) is 2.04. The second kappa shape index (κ2) is 6.70. The summed E-state index contributed by atoms with van der Waals surface area (Å²) < 4.78 is 5.02. The molecule has 21 heavy (non-hydrogen) atoms. The molecular weight excluding hydrogens is 311 g/mol. The molecule has 2 aromatic rings. The zero-order valence-electron chi connectivity index (χ0n) is 11.3. The monoisotopic (exact) mass is 324 g/mol. The SMILES string of the molecule is CCOC(=O)c1cccc(N)c1Nc1ccc(Cl)c(Cl)c1. The molecule has 0 heterocycles. The molecule has 0 saturated carbocycles. The van der Waals surface area contributed by atoms with Gasteiger partial charge in [-0.3, -0.25) is 0 Å². The highest BCUT2D eigenvalue weighted by molar-refractivity contribution is 6.42. The Hall–Kier alpha value is -1.91. The largest absolute Gasteiger partial charge is 0.462 e. The van der Waals surface area contributed by atoms with Crippen LogP contribution in [0.3, 0.4) is 0 Å². The van der Waals surface area contributed by atoms with E-state index in [-0.39, 0.29) is 0 Å². The number of benzene rings is 2. The number of carbonyl (C=O) groups is 1. The second-order valence-corrected chi connectivity index (χ2v) is 5.06. The normalized spacial score (nSPS) is 10.2. The number of carbonyl (C=O) groups excluding carboxylic acids is 1. The molecule has 0 aliphatic heterocycles. The van der Waals surface area contributed by atoms with Crippen molar-refractivity contribution in [3.05, 3.63) is 52.0 Å². The molecule has 4 nitrogen and oxygen atoms in total. The maximum Gasteiger partial charge on any atom is 0.340 e. The maximum atomic E-state index is 12.0. The summed E-state index contributed by atoms with van der Waals surface area (Å²) in [6.07, 6.45) is 0. The van der Waals surface area contributed by atoms with Crippen LogP contribution in [0.4, 0.5) is 17.1 Å². The van der Waals surface area contributed by atoms with Gasteiger partial charge in [0.15, 0.2) is 0 Å². The van der Waals surface area contributed by atoms with E-state index in [9.17, 15) is 4.79 Å². The third-order valence-electron chi connectivity index (χ3n) is 2.78. The Bertz CT molecular complexity index is 675. The number of hydrogen-bond acceptors (Lipinski definition) is 4. The quantitative estimate of drug-likeness (QED) is 0.642. The van der Waals surface area contributed by atoms with Crippen molar-refractivity contribution in [3.8, 4) is 0 Å². The van der Waals surface area contributed by atoms with E-state index in [2.05, 4.69) is 5.32 Å². The number of nitrogens with two attached hydrogens (primary N) is 1. The zero-order valence-corrected chi connectivity index (χ0v) is 12.8. The number of nitrogen functional groups attached to an aromatic ring is 1. The van der Waals surface area contributed by atoms with Crippen molar-refractivity contribution in [2.24, 2.45) is 0 Å². The molecule has 110 valence electrons. The summed E-state index contributed by atoms with van der Waals surface area (Å²) in [5, 5.41) is 3.94. The first-order valence-corrected chi connectivity index (χ1v) is 7.06. The number of esters is 1. The Labute approximate surface area is 132 Å². The summed E-state index contributed by atoms with van der Waals surface area (Å²) in [5.41, 5.74) is 7.90. The van der Waals surface area contributed by atoms with Crippen LogP contribution in [0, 0.1) is 0 Å². The van der Waals surface area contributed by atoms with E-state index < -0.39 is 5.97 Å². The van der Waals surface area contributed by atoms with Crippen molar-refractivity contribution < 1.29 is 9.53 Å². The van der Waals surface area contributed by atoms with Crippen molar-refractivity contribution in [2.75, 3.05) is 17.7 Å². The molecule has 0 bridgehead atoms. The van der Waals surface area contributed by atoms with Gasteiger partial charge in [0.1, 0.15) is 0 Å². The maximum absolute atomic E-state index is 12.0. The van der Waals surface area contributed by atoms with E-state index in [1.807, 2.05) is 0 Å². The molecule has 0 fully saturated rings. The molecule has 0 aromatic heterocycles. The van der Waals surface area contributed by atoms with Gasteiger partial charge in [0, 0.05) is 5.69 Å². The number of para-hydroxylation sites is 1. The van der Waals surface area contributed by atoms with E-state index >= 15 is 0 Å². The van der Waals surface area contributed by atoms with Crippen LogP contribution in [0.15, 0.2) is 36.4 Å². The van der Waals surface area contributed by atoms with Gasteiger partial charge in [-0.25, -0.2) is 4.79 Å². The van der Waals surface area contributed by atoms with E-state index in [0.717, 1.165) is 0 Å². The molecule has 3 N–H and O–H groups in total. The minimum Gasteiger partial charge on any atom is -0.462 e. The summed E-state index contributed by atoms with van der Waals surface area (Å²) in [5.74, 6) is -0.438. The number of rotatable bonds is 4. The molecule has 2 aromatic carbocycles. The van der Waals surface area contributed by atoms with Crippen LogP contribution in [0.2, 0.25) is 10.0 Å². The van der Waals surface area contributed by atoms with Gasteiger partial charge in [0.05, 0.1) is 33.6 Å². The highest BCUT2D eigenvalue weighted by atomic mass is 35.5. The molecule has 0 aliphatic carbocycles. The minimum absolute atomic E-state index is 0.292. The number of hydrogen-bond donors (Lipinski definition) is 2.